The van der Waals surface area contributed by atoms with Gasteiger partial charge in [-0.05, 0) is 43.1 Å². The third kappa shape index (κ3) is 2.37. The van der Waals surface area contributed by atoms with Crippen LogP contribution in [0.1, 0.15) is 30.9 Å². The highest BCUT2D eigenvalue weighted by Crippen LogP contribution is 2.52. The average Bonchev–Trinajstić information content (AvgIpc) is 2.93. The van der Waals surface area contributed by atoms with E-state index in [-0.39, 0.29) is 23.1 Å². The maximum Gasteiger partial charge on any atom is 0.165 e. The zero-order valence-electron chi connectivity index (χ0n) is 13.8. The van der Waals surface area contributed by atoms with Crippen LogP contribution in [0.4, 0.5) is 4.39 Å². The second-order valence-corrected chi connectivity index (χ2v) is 6.88. The molecule has 0 amide bonds. The van der Waals surface area contributed by atoms with Gasteiger partial charge in [0.05, 0.1) is 0 Å². The highest BCUT2D eigenvalue weighted by Gasteiger charge is 2.51. The fourth-order valence-electron chi connectivity index (χ4n) is 4.25. The summed E-state index contributed by atoms with van der Waals surface area (Å²) in [5, 5.41) is 10.1. The first-order valence-electron chi connectivity index (χ1n) is 8.58. The normalized spacial score (nSPS) is 25.8. The lowest BCUT2D eigenvalue weighted by Gasteiger charge is -2.42. The second-order valence-electron chi connectivity index (χ2n) is 6.88. The summed E-state index contributed by atoms with van der Waals surface area (Å²) in [5.74, 6) is 0.695. The first-order valence-corrected chi connectivity index (χ1v) is 8.58. The van der Waals surface area contributed by atoms with Gasteiger partial charge in [0.1, 0.15) is 11.9 Å². The Morgan fingerprint density at radius 2 is 2.04 bits per heavy atom. The highest BCUT2D eigenvalue weighted by molar-refractivity contribution is 5.53. The standard InChI is InChI=1S/C20H22FNO2/c1-2-20-10-11-22(12-14-6-8-15(21)9-7-14)13-18(20)24-19-16(20)4-3-5-17(19)23/h3-9,18,23H,2,10-13H2,1H3/t18-,20-/m0/s1. The fourth-order valence-corrected chi connectivity index (χ4v) is 4.25. The van der Waals surface area contributed by atoms with Crippen LogP contribution in [0.5, 0.6) is 11.5 Å². The van der Waals surface area contributed by atoms with Gasteiger partial charge in [-0.2, -0.15) is 0 Å². The number of hydrogen-bond donors (Lipinski definition) is 1. The Hall–Kier alpha value is -2.07. The number of rotatable bonds is 3. The summed E-state index contributed by atoms with van der Waals surface area (Å²) < 4.78 is 19.2. The molecule has 2 aromatic carbocycles. The van der Waals surface area contributed by atoms with Gasteiger partial charge in [-0.1, -0.05) is 31.2 Å². The molecule has 2 atom stereocenters. The topological polar surface area (TPSA) is 32.7 Å². The molecule has 4 heteroatoms. The lowest BCUT2D eigenvalue weighted by Crippen LogP contribution is -2.52. The van der Waals surface area contributed by atoms with Gasteiger partial charge in [0.2, 0.25) is 0 Å². The Morgan fingerprint density at radius 1 is 1.25 bits per heavy atom. The van der Waals surface area contributed by atoms with Gasteiger partial charge in [-0.3, -0.25) is 4.90 Å². The molecule has 2 aliphatic heterocycles. The number of hydrogen-bond acceptors (Lipinski definition) is 3. The van der Waals surface area contributed by atoms with Crippen LogP contribution in [-0.2, 0) is 12.0 Å². The van der Waals surface area contributed by atoms with E-state index in [0.29, 0.717) is 5.75 Å². The summed E-state index contributed by atoms with van der Waals surface area (Å²) in [4.78, 5) is 2.36. The Kier molecular flexibility index (Phi) is 3.72. The number of para-hydroxylation sites is 1. The number of phenols is 1. The van der Waals surface area contributed by atoms with Crippen molar-refractivity contribution in [3.8, 4) is 11.5 Å². The third-order valence-corrected chi connectivity index (χ3v) is 5.66. The maximum atomic E-state index is 13.1. The van der Waals surface area contributed by atoms with Crippen LogP contribution in [-0.4, -0.2) is 29.2 Å². The summed E-state index contributed by atoms with van der Waals surface area (Å²) in [6.07, 6.45) is 2.06. The summed E-state index contributed by atoms with van der Waals surface area (Å²) in [6.45, 7) is 4.78. The van der Waals surface area contributed by atoms with E-state index in [4.69, 9.17) is 4.74 Å². The second kappa shape index (κ2) is 5.78. The van der Waals surface area contributed by atoms with Gasteiger partial charge in [-0.15, -0.1) is 0 Å². The largest absolute Gasteiger partial charge is 0.504 e. The molecule has 126 valence electrons. The summed E-state index contributed by atoms with van der Waals surface area (Å²) in [7, 11) is 0. The van der Waals surface area contributed by atoms with Crippen LogP contribution in [0, 0.1) is 5.82 Å². The maximum absolute atomic E-state index is 13.1. The zero-order valence-corrected chi connectivity index (χ0v) is 13.8. The number of nitrogens with zero attached hydrogens (tertiary/aromatic N) is 1. The molecule has 0 bridgehead atoms. The van der Waals surface area contributed by atoms with Crippen molar-refractivity contribution >= 4 is 0 Å². The molecule has 4 rings (SSSR count). The first-order chi connectivity index (χ1) is 11.6. The molecule has 0 spiro atoms. The molecule has 0 unspecified atom stereocenters. The fraction of sp³-hybridized carbons (Fsp3) is 0.400. The molecule has 0 saturated carbocycles. The van der Waals surface area contributed by atoms with Crippen molar-refractivity contribution in [3.05, 3.63) is 59.4 Å². The summed E-state index contributed by atoms with van der Waals surface area (Å²) in [6, 6.07) is 12.4. The van der Waals surface area contributed by atoms with Crippen molar-refractivity contribution in [2.75, 3.05) is 13.1 Å². The lowest BCUT2D eigenvalue weighted by molar-refractivity contribution is 0.0359. The number of halogens is 1. The van der Waals surface area contributed by atoms with Gasteiger partial charge in [0.15, 0.2) is 11.5 Å². The lowest BCUT2D eigenvalue weighted by atomic mass is 9.70. The van der Waals surface area contributed by atoms with Crippen LogP contribution in [0.15, 0.2) is 42.5 Å². The van der Waals surface area contributed by atoms with Crippen molar-refractivity contribution in [1.29, 1.82) is 0 Å². The molecule has 0 aliphatic carbocycles. The van der Waals surface area contributed by atoms with E-state index in [2.05, 4.69) is 17.9 Å². The quantitative estimate of drug-likeness (QED) is 0.929. The van der Waals surface area contributed by atoms with E-state index >= 15 is 0 Å². The van der Waals surface area contributed by atoms with Crippen LogP contribution in [0.3, 0.4) is 0 Å². The number of ether oxygens (including phenoxy) is 1. The Labute approximate surface area is 141 Å². The van der Waals surface area contributed by atoms with Gasteiger partial charge >= 0.3 is 0 Å². The van der Waals surface area contributed by atoms with E-state index in [9.17, 15) is 9.50 Å². The molecule has 24 heavy (non-hydrogen) atoms. The van der Waals surface area contributed by atoms with Crippen LogP contribution in [0.2, 0.25) is 0 Å². The Balaban J connectivity index is 1.56. The number of fused-ring (bicyclic) bond motifs is 3. The van der Waals surface area contributed by atoms with E-state index in [1.165, 1.54) is 12.1 Å². The van der Waals surface area contributed by atoms with Crippen molar-refractivity contribution in [1.82, 2.24) is 4.90 Å². The number of aromatic hydroxyl groups is 1. The van der Waals surface area contributed by atoms with Gasteiger partial charge in [0, 0.05) is 24.1 Å². The number of phenolic OH excluding ortho intramolecular Hbond substituents is 1. The van der Waals surface area contributed by atoms with Gasteiger partial charge in [-0.25, -0.2) is 4.39 Å². The molecule has 0 aromatic heterocycles. The molecule has 3 nitrogen and oxygen atoms in total. The molecule has 2 heterocycles. The Bertz CT molecular complexity index is 746. The van der Waals surface area contributed by atoms with Gasteiger partial charge in [0.25, 0.3) is 0 Å². The molecule has 1 N–H and O–H groups in total. The summed E-state index contributed by atoms with van der Waals surface area (Å²) in [5.41, 5.74) is 2.25. The first kappa shape index (κ1) is 15.5. The van der Waals surface area contributed by atoms with Crippen molar-refractivity contribution in [2.24, 2.45) is 0 Å². The monoisotopic (exact) mass is 327 g/mol. The van der Waals surface area contributed by atoms with Crippen molar-refractivity contribution in [3.63, 3.8) is 0 Å². The number of piperidine rings is 1. The number of benzene rings is 2. The molecule has 2 aliphatic rings. The van der Waals surface area contributed by atoms with Crippen molar-refractivity contribution in [2.45, 2.75) is 37.8 Å². The minimum atomic E-state index is -0.201. The predicted molar refractivity (Wildman–Crippen MR) is 90.8 cm³/mol. The average molecular weight is 327 g/mol. The zero-order chi connectivity index (χ0) is 16.7. The minimum Gasteiger partial charge on any atom is -0.504 e. The van der Waals surface area contributed by atoms with Crippen LogP contribution < -0.4 is 4.74 Å². The van der Waals surface area contributed by atoms with Crippen LogP contribution >= 0.6 is 0 Å². The number of likely N-dealkylation sites (tertiary alicyclic amines) is 1. The van der Waals surface area contributed by atoms with Gasteiger partial charge < -0.3 is 9.84 Å². The SMILES string of the molecule is CC[C@@]12CCN(Cc3ccc(F)cc3)C[C@@H]1Oc1c(O)cccc12. The van der Waals surface area contributed by atoms with E-state index < -0.39 is 0 Å². The van der Waals surface area contributed by atoms with Crippen molar-refractivity contribution < 1.29 is 14.2 Å². The summed E-state index contributed by atoms with van der Waals surface area (Å²) >= 11 is 0. The molecule has 1 saturated heterocycles. The third-order valence-electron chi connectivity index (χ3n) is 5.66. The highest BCUT2D eigenvalue weighted by atomic mass is 19.1. The van der Waals surface area contributed by atoms with Crippen LogP contribution in [0.25, 0.3) is 0 Å². The molecule has 0 radical (unpaired) electrons. The van der Waals surface area contributed by atoms with E-state index in [1.807, 2.05) is 18.2 Å². The Morgan fingerprint density at radius 3 is 2.79 bits per heavy atom. The van der Waals surface area contributed by atoms with E-state index in [1.54, 1.807) is 6.07 Å². The predicted octanol–water partition coefficient (Wildman–Crippen LogP) is 3.85. The smallest absolute Gasteiger partial charge is 0.165 e. The molecular weight excluding hydrogens is 305 g/mol. The minimum absolute atomic E-state index is 0.00658. The molecular formula is C20H22FNO2. The molecule has 2 aromatic rings. The molecule has 1 fully saturated rings. The van der Waals surface area contributed by atoms with E-state index in [0.717, 1.165) is 43.6 Å².